The Kier molecular flexibility index (Phi) is 5.63. The molecule has 0 saturated heterocycles. The predicted octanol–water partition coefficient (Wildman–Crippen LogP) is 3.53. The molecule has 0 spiro atoms. The number of aliphatic hydroxyl groups is 1. The first kappa shape index (κ1) is 18.9. The van der Waals surface area contributed by atoms with Gasteiger partial charge in [0, 0.05) is 0 Å². The van der Waals surface area contributed by atoms with Crippen LogP contribution in [-0.4, -0.2) is 29.1 Å². The molecule has 3 nitrogen and oxygen atoms in total. The zero-order valence-electron chi connectivity index (χ0n) is 14.4. The van der Waals surface area contributed by atoms with Gasteiger partial charge in [-0.15, -0.1) is 0 Å². The van der Waals surface area contributed by atoms with E-state index in [1.54, 1.807) is 33.8 Å². The lowest BCUT2D eigenvalue weighted by Crippen LogP contribution is -2.54. The molecule has 0 unspecified atom stereocenters. The van der Waals surface area contributed by atoms with Crippen molar-refractivity contribution in [1.29, 1.82) is 0 Å². The molecule has 0 bridgehead atoms. The number of sulfone groups is 1. The van der Waals surface area contributed by atoms with Crippen molar-refractivity contribution in [2.24, 2.45) is 0 Å². The van der Waals surface area contributed by atoms with Crippen molar-refractivity contribution >= 4 is 9.84 Å². The van der Waals surface area contributed by atoms with Gasteiger partial charge >= 0.3 is 0 Å². The van der Waals surface area contributed by atoms with Gasteiger partial charge in [-0.05, 0) is 53.5 Å². The summed E-state index contributed by atoms with van der Waals surface area (Å²) in [6.07, 6.45) is 0.854. The quantitative estimate of drug-likeness (QED) is 0.843. The van der Waals surface area contributed by atoms with E-state index in [1.165, 1.54) is 0 Å². The fraction of sp³-hybridized carbons (Fsp3) is 0.556. The summed E-state index contributed by atoms with van der Waals surface area (Å²) in [6.45, 7) is 10.4. The van der Waals surface area contributed by atoms with Crippen LogP contribution in [-0.2, 0) is 16.3 Å². The van der Waals surface area contributed by atoms with Crippen LogP contribution in [0.1, 0.15) is 47.1 Å². The molecular formula is C18H28O3S. The van der Waals surface area contributed by atoms with Crippen molar-refractivity contribution < 1.29 is 13.5 Å². The summed E-state index contributed by atoms with van der Waals surface area (Å²) in [5, 5.41) is 10.6. The van der Waals surface area contributed by atoms with E-state index in [4.69, 9.17) is 0 Å². The Hall–Kier alpha value is -1.13. The fourth-order valence-corrected chi connectivity index (χ4v) is 4.69. The average molecular weight is 324 g/mol. The molecule has 0 aliphatic heterocycles. The first-order chi connectivity index (χ1) is 9.92. The highest BCUT2D eigenvalue weighted by molar-refractivity contribution is 7.94. The predicted molar refractivity (Wildman–Crippen MR) is 92.7 cm³/mol. The lowest BCUT2D eigenvalue weighted by Gasteiger charge is -2.38. The van der Waals surface area contributed by atoms with Crippen LogP contribution >= 0.6 is 0 Å². The van der Waals surface area contributed by atoms with E-state index in [1.807, 2.05) is 44.2 Å². The van der Waals surface area contributed by atoms with E-state index < -0.39 is 25.4 Å². The molecule has 0 heterocycles. The molecule has 1 rings (SSSR count). The minimum Gasteiger partial charge on any atom is -0.387 e. The number of allylic oxidation sites excluding steroid dienone is 1. The summed E-state index contributed by atoms with van der Waals surface area (Å²) >= 11 is 0. The first-order valence-electron chi connectivity index (χ1n) is 7.53. The van der Waals surface area contributed by atoms with Crippen LogP contribution in [0.5, 0.6) is 0 Å². The SMILES string of the molecule is CC(C)=C[C@H](O)[C@](C)(Cc1ccccc1)S(=O)(=O)C(C)(C)C. The highest BCUT2D eigenvalue weighted by atomic mass is 32.2. The first-order valence-corrected chi connectivity index (χ1v) is 9.01. The molecule has 0 aliphatic carbocycles. The third-order valence-corrected chi connectivity index (χ3v) is 7.16. The van der Waals surface area contributed by atoms with Gasteiger partial charge in [-0.3, -0.25) is 0 Å². The van der Waals surface area contributed by atoms with Gasteiger partial charge in [0.1, 0.15) is 4.75 Å². The summed E-state index contributed by atoms with van der Waals surface area (Å²) in [4.78, 5) is 0. The van der Waals surface area contributed by atoms with Gasteiger partial charge in [0.2, 0.25) is 0 Å². The Bertz CT molecular complexity index is 620. The van der Waals surface area contributed by atoms with Gasteiger partial charge in [0.15, 0.2) is 9.84 Å². The second-order valence-electron chi connectivity index (χ2n) is 7.28. The highest BCUT2D eigenvalue weighted by Crippen LogP contribution is 2.35. The third-order valence-electron chi connectivity index (χ3n) is 3.93. The van der Waals surface area contributed by atoms with Crippen LogP contribution in [0.2, 0.25) is 0 Å². The topological polar surface area (TPSA) is 54.4 Å². The lowest BCUT2D eigenvalue weighted by molar-refractivity contribution is 0.172. The van der Waals surface area contributed by atoms with E-state index in [9.17, 15) is 13.5 Å². The molecule has 0 amide bonds. The number of benzene rings is 1. The molecular weight excluding hydrogens is 296 g/mol. The van der Waals surface area contributed by atoms with Crippen molar-refractivity contribution in [2.75, 3.05) is 0 Å². The average Bonchev–Trinajstić information content (AvgIpc) is 2.37. The Balaban J connectivity index is 3.42. The summed E-state index contributed by atoms with van der Waals surface area (Å²) in [6, 6.07) is 9.45. The van der Waals surface area contributed by atoms with Gasteiger partial charge in [0.25, 0.3) is 0 Å². The Morgan fingerprint density at radius 1 is 1.14 bits per heavy atom. The number of hydrogen-bond acceptors (Lipinski definition) is 3. The Morgan fingerprint density at radius 2 is 1.64 bits per heavy atom. The van der Waals surface area contributed by atoms with Gasteiger partial charge in [0.05, 0.1) is 10.9 Å². The third kappa shape index (κ3) is 3.79. The fourth-order valence-electron chi connectivity index (χ4n) is 2.55. The maximum atomic E-state index is 13.1. The Morgan fingerprint density at radius 3 is 2.05 bits per heavy atom. The van der Waals surface area contributed by atoms with Crippen LogP contribution in [0.15, 0.2) is 42.0 Å². The minimum absolute atomic E-state index is 0.276. The number of rotatable bonds is 5. The molecule has 0 saturated carbocycles. The smallest absolute Gasteiger partial charge is 0.163 e. The molecule has 1 aromatic rings. The van der Waals surface area contributed by atoms with Crippen molar-refractivity contribution in [3.63, 3.8) is 0 Å². The van der Waals surface area contributed by atoms with Gasteiger partial charge in [-0.25, -0.2) is 8.42 Å². The van der Waals surface area contributed by atoms with Crippen molar-refractivity contribution in [3.05, 3.63) is 47.5 Å². The normalized spacial score (nSPS) is 16.7. The van der Waals surface area contributed by atoms with E-state index >= 15 is 0 Å². The molecule has 4 heteroatoms. The maximum Gasteiger partial charge on any atom is 0.163 e. The van der Waals surface area contributed by atoms with Crippen LogP contribution in [0, 0.1) is 0 Å². The summed E-state index contributed by atoms with van der Waals surface area (Å²) in [5.41, 5.74) is 1.80. The van der Waals surface area contributed by atoms with Gasteiger partial charge in [-0.2, -0.15) is 0 Å². The molecule has 0 aliphatic rings. The minimum atomic E-state index is -3.58. The lowest BCUT2D eigenvalue weighted by atomic mass is 9.93. The second-order valence-corrected chi connectivity index (χ2v) is 10.4. The second kappa shape index (κ2) is 6.55. The van der Waals surface area contributed by atoms with E-state index in [-0.39, 0.29) is 6.42 Å². The van der Waals surface area contributed by atoms with Crippen molar-refractivity contribution in [3.8, 4) is 0 Å². The van der Waals surface area contributed by atoms with Gasteiger partial charge < -0.3 is 5.11 Å². The van der Waals surface area contributed by atoms with Crippen molar-refractivity contribution in [2.45, 2.75) is 63.6 Å². The molecule has 22 heavy (non-hydrogen) atoms. The molecule has 0 radical (unpaired) electrons. The van der Waals surface area contributed by atoms with Crippen LogP contribution in [0.3, 0.4) is 0 Å². The van der Waals surface area contributed by atoms with E-state index in [0.29, 0.717) is 0 Å². The molecule has 2 atom stereocenters. The molecule has 0 fully saturated rings. The Labute approximate surface area is 135 Å². The van der Waals surface area contributed by atoms with Crippen molar-refractivity contribution in [1.82, 2.24) is 0 Å². The highest BCUT2D eigenvalue weighted by Gasteiger charge is 2.50. The van der Waals surface area contributed by atoms with E-state index in [0.717, 1.165) is 11.1 Å². The monoisotopic (exact) mass is 324 g/mol. The van der Waals surface area contributed by atoms with Crippen LogP contribution in [0.4, 0.5) is 0 Å². The van der Waals surface area contributed by atoms with E-state index in [2.05, 4.69) is 0 Å². The van der Waals surface area contributed by atoms with Crippen LogP contribution < -0.4 is 0 Å². The number of hydrogen-bond donors (Lipinski definition) is 1. The standard InChI is InChI=1S/C18H28O3S/c1-14(2)12-16(19)18(6,22(20,21)17(3,4)5)13-15-10-8-7-9-11-15/h7-12,16,19H,13H2,1-6H3/t16-,18-/m0/s1. The molecule has 1 aromatic carbocycles. The van der Waals surface area contributed by atoms with Crippen LogP contribution in [0.25, 0.3) is 0 Å². The summed E-state index contributed by atoms with van der Waals surface area (Å²) in [5.74, 6) is 0. The zero-order valence-corrected chi connectivity index (χ0v) is 15.2. The maximum absolute atomic E-state index is 13.1. The van der Waals surface area contributed by atoms with Gasteiger partial charge in [-0.1, -0.05) is 42.0 Å². The zero-order chi connectivity index (χ0) is 17.2. The number of aliphatic hydroxyl groups excluding tert-OH is 1. The summed E-state index contributed by atoms with van der Waals surface area (Å²) < 4.78 is 24.0. The largest absolute Gasteiger partial charge is 0.387 e. The molecule has 1 N–H and O–H groups in total. The molecule has 0 aromatic heterocycles. The molecule has 124 valence electrons. The summed E-state index contributed by atoms with van der Waals surface area (Å²) in [7, 11) is -3.58.